The smallest absolute Gasteiger partial charge is 0.0882 e. The molecule has 1 fully saturated rings. The van der Waals surface area contributed by atoms with Crippen LogP contribution in [0.1, 0.15) is 29.9 Å². The number of benzene rings is 9. The predicted octanol–water partition coefficient (Wildman–Crippen LogP) is 13.4. The molecule has 11 aromatic rings. The summed E-state index contributed by atoms with van der Waals surface area (Å²) in [7, 11) is 0. The molecule has 1 saturated heterocycles. The average Bonchev–Trinajstić information content (AvgIpc) is 3.92. The van der Waals surface area contributed by atoms with E-state index < -0.39 is 0 Å². The van der Waals surface area contributed by atoms with Crippen LogP contribution in [0.5, 0.6) is 0 Å². The third-order valence-corrected chi connectivity index (χ3v) is 14.0. The second-order valence-electron chi connectivity index (χ2n) is 18.0. The zero-order valence-corrected chi connectivity index (χ0v) is 36.9. The van der Waals surface area contributed by atoms with Crippen LogP contribution in [-0.2, 0) is 0 Å². The molecular weight excluding hydrogens is 817 g/mol. The monoisotopic (exact) mass is 864 g/mol. The van der Waals surface area contributed by atoms with Gasteiger partial charge in [-0.3, -0.25) is 16.0 Å². The minimum Gasteiger partial charge on any atom is -0.324 e. The predicted molar refractivity (Wildman–Crippen MR) is 279 cm³/mol. The fraction of sp³-hybridized carbons (Fsp3) is 0.0820. The van der Waals surface area contributed by atoms with Crippen molar-refractivity contribution in [3.63, 3.8) is 0 Å². The summed E-state index contributed by atoms with van der Waals surface area (Å²) in [6, 6.07) is 76.7. The first-order chi connectivity index (χ1) is 33.1. The SMILES string of the molecule is NC1C=C(C2NC(c3cccc(-c4ccccc4)c3)NC(c3cccc(-c4ccccc4)c3)N2)C(n2c3ccccc3c3ccc4c(c5ccccc5n4-c4cccc5ccccc45)c32)=CC1. The lowest BCUT2D eigenvalue weighted by Crippen LogP contribution is -2.60. The standard InChI is InChI=1S/C61H48N6/c62-46-32-34-55(67-53-29-11-9-27-48(53)49-33-35-56-57(58(49)67)50-28-10-12-30-54(50)66(56)52-31-15-21-41-20-7-8-26-47(41)52)51(38-46)61-64-59(44-24-13-22-42(36-44)39-16-3-1-4-17-39)63-60(65-61)45-25-14-23-43(37-45)40-18-5-2-6-19-40/h1-31,33-38,46,59-61,63-65H,32,62H2. The summed E-state index contributed by atoms with van der Waals surface area (Å²) in [6.07, 6.45) is 4.68. The summed E-state index contributed by atoms with van der Waals surface area (Å²) in [6.45, 7) is 0. The Kier molecular flexibility index (Phi) is 9.58. The van der Waals surface area contributed by atoms with Crippen LogP contribution < -0.4 is 21.7 Å². The van der Waals surface area contributed by atoms with E-state index in [0.29, 0.717) is 0 Å². The van der Waals surface area contributed by atoms with Crippen molar-refractivity contribution in [1.82, 2.24) is 25.1 Å². The van der Waals surface area contributed by atoms with E-state index in [0.717, 1.165) is 34.3 Å². The molecule has 1 aliphatic heterocycles. The molecule has 13 rings (SSSR count). The first-order valence-electron chi connectivity index (χ1n) is 23.4. The average molecular weight is 865 g/mol. The van der Waals surface area contributed by atoms with Crippen molar-refractivity contribution in [3.8, 4) is 27.9 Å². The number of nitrogens with one attached hydrogen (secondary N) is 3. The van der Waals surface area contributed by atoms with E-state index >= 15 is 0 Å². The molecule has 2 aromatic heterocycles. The molecule has 6 heteroatoms. The van der Waals surface area contributed by atoms with Gasteiger partial charge in [-0.1, -0.05) is 188 Å². The number of aromatic nitrogens is 2. The van der Waals surface area contributed by atoms with Gasteiger partial charge in [0.05, 0.1) is 46.3 Å². The number of nitrogens with two attached hydrogens (primary N) is 1. The molecule has 3 atom stereocenters. The van der Waals surface area contributed by atoms with Crippen LogP contribution in [0.15, 0.2) is 230 Å². The van der Waals surface area contributed by atoms with Crippen LogP contribution in [0.25, 0.3) is 88.0 Å². The lowest BCUT2D eigenvalue weighted by atomic mass is 9.94. The highest BCUT2D eigenvalue weighted by atomic mass is 15.4. The van der Waals surface area contributed by atoms with Gasteiger partial charge in [0.2, 0.25) is 0 Å². The molecule has 0 spiro atoms. The van der Waals surface area contributed by atoms with Crippen LogP contribution in [0, 0.1) is 0 Å². The molecule has 322 valence electrons. The number of rotatable bonds is 7. The summed E-state index contributed by atoms with van der Waals surface area (Å²) in [5, 5.41) is 19.5. The molecule has 0 saturated carbocycles. The highest BCUT2D eigenvalue weighted by Gasteiger charge is 2.35. The number of hydrogen-bond acceptors (Lipinski definition) is 4. The van der Waals surface area contributed by atoms with E-state index in [4.69, 9.17) is 5.73 Å². The van der Waals surface area contributed by atoms with Crippen molar-refractivity contribution in [2.24, 2.45) is 5.73 Å². The molecule has 3 heterocycles. The Bertz CT molecular complexity index is 3650. The van der Waals surface area contributed by atoms with Crippen molar-refractivity contribution >= 4 is 60.1 Å². The van der Waals surface area contributed by atoms with Crippen molar-refractivity contribution < 1.29 is 0 Å². The maximum absolute atomic E-state index is 7.01. The van der Waals surface area contributed by atoms with Gasteiger partial charge in [-0.2, -0.15) is 0 Å². The summed E-state index contributed by atoms with van der Waals surface area (Å²) in [4.78, 5) is 0. The minimum absolute atomic E-state index is 0.154. The van der Waals surface area contributed by atoms with E-state index in [2.05, 4.69) is 250 Å². The van der Waals surface area contributed by atoms with Gasteiger partial charge >= 0.3 is 0 Å². The first-order valence-corrected chi connectivity index (χ1v) is 23.4. The Balaban J connectivity index is 1.00. The third kappa shape index (κ3) is 6.72. The van der Waals surface area contributed by atoms with Crippen LogP contribution >= 0.6 is 0 Å². The van der Waals surface area contributed by atoms with Gasteiger partial charge in [0.25, 0.3) is 0 Å². The lowest BCUT2D eigenvalue weighted by Gasteiger charge is -2.42. The Morgan fingerprint density at radius 1 is 0.418 bits per heavy atom. The number of fused-ring (bicyclic) bond motifs is 8. The topological polar surface area (TPSA) is 72.0 Å². The quantitative estimate of drug-likeness (QED) is 0.129. The van der Waals surface area contributed by atoms with E-state index in [1.165, 1.54) is 76.8 Å². The number of hydrogen-bond donors (Lipinski definition) is 4. The van der Waals surface area contributed by atoms with Crippen LogP contribution in [-0.4, -0.2) is 21.3 Å². The van der Waals surface area contributed by atoms with E-state index in [-0.39, 0.29) is 24.5 Å². The van der Waals surface area contributed by atoms with Gasteiger partial charge in [-0.05, 0) is 81.6 Å². The van der Waals surface area contributed by atoms with E-state index in [9.17, 15) is 0 Å². The molecule has 6 nitrogen and oxygen atoms in total. The second kappa shape index (κ2) is 16.2. The Morgan fingerprint density at radius 2 is 0.955 bits per heavy atom. The van der Waals surface area contributed by atoms with Gasteiger partial charge in [0.1, 0.15) is 0 Å². The van der Waals surface area contributed by atoms with Crippen LogP contribution in [0.2, 0.25) is 0 Å². The second-order valence-corrected chi connectivity index (χ2v) is 18.0. The molecule has 2 aliphatic rings. The van der Waals surface area contributed by atoms with Crippen molar-refractivity contribution in [2.45, 2.75) is 31.0 Å². The fourth-order valence-electron chi connectivity index (χ4n) is 10.9. The molecule has 3 unspecified atom stereocenters. The highest BCUT2D eigenvalue weighted by Crippen LogP contribution is 2.45. The summed E-state index contributed by atoms with van der Waals surface area (Å²) in [5.41, 5.74) is 22.2. The lowest BCUT2D eigenvalue weighted by molar-refractivity contribution is 0.224. The van der Waals surface area contributed by atoms with Gasteiger partial charge in [-0.15, -0.1) is 0 Å². The molecule has 0 bridgehead atoms. The molecule has 0 amide bonds. The zero-order chi connectivity index (χ0) is 44.4. The van der Waals surface area contributed by atoms with Crippen molar-refractivity contribution in [1.29, 1.82) is 0 Å². The van der Waals surface area contributed by atoms with Crippen LogP contribution in [0.3, 0.4) is 0 Å². The molecule has 1 aliphatic carbocycles. The molecular formula is C61H48N6. The number of nitrogens with zero attached hydrogens (tertiary/aromatic N) is 2. The normalized spacial score (nSPS) is 18.8. The Hall–Kier alpha value is -7.84. The largest absolute Gasteiger partial charge is 0.324 e. The maximum atomic E-state index is 7.01. The van der Waals surface area contributed by atoms with Crippen molar-refractivity contribution in [2.75, 3.05) is 0 Å². The fourth-order valence-corrected chi connectivity index (χ4v) is 10.9. The third-order valence-electron chi connectivity index (χ3n) is 14.0. The molecule has 67 heavy (non-hydrogen) atoms. The first kappa shape index (κ1) is 39.5. The van der Waals surface area contributed by atoms with Gasteiger partial charge < -0.3 is 14.9 Å². The zero-order valence-electron chi connectivity index (χ0n) is 36.9. The molecule has 5 N–H and O–H groups in total. The van der Waals surface area contributed by atoms with Gasteiger partial charge in [0, 0.05) is 44.2 Å². The maximum Gasteiger partial charge on any atom is 0.0882 e. The van der Waals surface area contributed by atoms with Crippen molar-refractivity contribution in [3.05, 3.63) is 241 Å². The highest BCUT2D eigenvalue weighted by molar-refractivity contribution is 6.27. The summed E-state index contributed by atoms with van der Waals surface area (Å²) in [5.74, 6) is 0. The van der Waals surface area contributed by atoms with E-state index in [1.54, 1.807) is 0 Å². The van der Waals surface area contributed by atoms with Crippen LogP contribution in [0.4, 0.5) is 0 Å². The Morgan fingerprint density at radius 3 is 1.64 bits per heavy atom. The molecule has 0 radical (unpaired) electrons. The number of para-hydroxylation sites is 2. The minimum atomic E-state index is -0.290. The van der Waals surface area contributed by atoms with Gasteiger partial charge in [0.15, 0.2) is 0 Å². The summed E-state index contributed by atoms with van der Waals surface area (Å²) >= 11 is 0. The van der Waals surface area contributed by atoms with E-state index in [1.807, 2.05) is 0 Å². The molecule has 9 aromatic carbocycles. The Labute approximate surface area is 389 Å². The van der Waals surface area contributed by atoms with Gasteiger partial charge in [-0.25, -0.2) is 0 Å². The summed E-state index contributed by atoms with van der Waals surface area (Å²) < 4.78 is 5.00.